The van der Waals surface area contributed by atoms with Crippen molar-refractivity contribution in [2.75, 3.05) is 5.32 Å². The van der Waals surface area contributed by atoms with Gasteiger partial charge in [0.2, 0.25) is 0 Å². The molecule has 0 aliphatic carbocycles. The number of benzene rings is 2. The quantitative estimate of drug-likeness (QED) is 0.389. The fourth-order valence-corrected chi connectivity index (χ4v) is 4.06. The van der Waals surface area contributed by atoms with Crippen molar-refractivity contribution in [1.82, 2.24) is 30.1 Å². The summed E-state index contributed by atoms with van der Waals surface area (Å²) in [4.78, 5) is 15.8. The second-order valence-corrected chi connectivity index (χ2v) is 7.46. The predicted molar refractivity (Wildman–Crippen MR) is 118 cm³/mol. The van der Waals surface area contributed by atoms with E-state index in [4.69, 9.17) is 11.6 Å². The molecule has 2 N–H and O–H groups in total. The average Bonchev–Trinajstić information content (AvgIpc) is 3.27. The first-order chi connectivity index (χ1) is 15.2. The second kappa shape index (κ2) is 7.88. The Labute approximate surface area is 181 Å². The van der Waals surface area contributed by atoms with E-state index in [0.717, 1.165) is 16.5 Å². The molecule has 0 spiro atoms. The van der Waals surface area contributed by atoms with E-state index in [1.807, 2.05) is 25.1 Å². The highest BCUT2D eigenvalue weighted by atomic mass is 35.5. The van der Waals surface area contributed by atoms with Gasteiger partial charge in [-0.05, 0) is 41.8 Å². The number of H-pyrrole nitrogens is 1. The van der Waals surface area contributed by atoms with E-state index in [1.165, 1.54) is 18.5 Å². The van der Waals surface area contributed by atoms with Crippen molar-refractivity contribution in [2.45, 2.75) is 19.4 Å². The molecule has 3 aromatic heterocycles. The van der Waals surface area contributed by atoms with E-state index in [9.17, 15) is 4.39 Å². The maximum atomic E-state index is 14.1. The van der Waals surface area contributed by atoms with E-state index in [1.54, 1.807) is 18.6 Å². The van der Waals surface area contributed by atoms with Gasteiger partial charge in [0.15, 0.2) is 11.5 Å². The summed E-state index contributed by atoms with van der Waals surface area (Å²) >= 11 is 6.62. The molecular weight excluding hydrogens is 417 g/mol. The molecule has 2 aromatic carbocycles. The lowest BCUT2D eigenvalue weighted by Gasteiger charge is -2.23. The molecule has 0 amide bonds. The summed E-state index contributed by atoms with van der Waals surface area (Å²) in [6.07, 6.45) is 5.34. The SMILES string of the molecule is CCC(Nc1ncnc2nc[nH]c12)c1cc(Cl)c2ccnnc2c1-c1cccc(F)c1. The van der Waals surface area contributed by atoms with Crippen molar-refractivity contribution < 1.29 is 4.39 Å². The van der Waals surface area contributed by atoms with Crippen molar-refractivity contribution in [3.63, 3.8) is 0 Å². The monoisotopic (exact) mass is 433 g/mol. The number of hydrogen-bond acceptors (Lipinski definition) is 6. The number of imidazole rings is 1. The van der Waals surface area contributed by atoms with Crippen molar-refractivity contribution >= 4 is 39.5 Å². The Morgan fingerprint density at radius 2 is 2.06 bits per heavy atom. The molecule has 0 aliphatic heterocycles. The molecular formula is C22H17ClFN7. The highest BCUT2D eigenvalue weighted by Gasteiger charge is 2.22. The number of nitrogens with zero attached hydrogens (tertiary/aromatic N) is 5. The summed E-state index contributed by atoms with van der Waals surface area (Å²) in [6.45, 7) is 2.05. The van der Waals surface area contributed by atoms with Crippen LogP contribution in [0.4, 0.5) is 10.2 Å². The molecule has 0 saturated heterocycles. The maximum absolute atomic E-state index is 14.1. The number of halogens is 2. The Balaban J connectivity index is 1.72. The summed E-state index contributed by atoms with van der Waals surface area (Å²) in [5, 5.41) is 13.2. The minimum atomic E-state index is -0.327. The number of fused-ring (bicyclic) bond motifs is 2. The fourth-order valence-electron chi connectivity index (χ4n) is 3.79. The number of nitrogens with one attached hydrogen (secondary N) is 2. The van der Waals surface area contributed by atoms with Crippen LogP contribution < -0.4 is 5.32 Å². The number of hydrogen-bond donors (Lipinski definition) is 2. The molecule has 0 aliphatic rings. The van der Waals surface area contributed by atoms with Crippen LogP contribution in [0.5, 0.6) is 0 Å². The largest absolute Gasteiger partial charge is 0.361 e. The van der Waals surface area contributed by atoms with Crippen LogP contribution in [-0.4, -0.2) is 30.1 Å². The minimum Gasteiger partial charge on any atom is -0.361 e. The van der Waals surface area contributed by atoms with Crippen LogP contribution in [0.25, 0.3) is 33.2 Å². The number of rotatable bonds is 5. The van der Waals surface area contributed by atoms with Crippen molar-refractivity contribution in [1.29, 1.82) is 0 Å². The molecule has 5 rings (SSSR count). The van der Waals surface area contributed by atoms with Gasteiger partial charge in [-0.25, -0.2) is 19.3 Å². The zero-order valence-electron chi connectivity index (χ0n) is 16.5. The predicted octanol–water partition coefficient (Wildman–Crippen LogP) is 5.32. The van der Waals surface area contributed by atoms with Crippen molar-refractivity contribution in [3.8, 4) is 11.1 Å². The molecule has 1 atom stereocenters. The van der Waals surface area contributed by atoms with Crippen LogP contribution >= 0.6 is 11.6 Å². The molecule has 0 fully saturated rings. The summed E-state index contributed by atoms with van der Waals surface area (Å²) in [6, 6.07) is 9.96. The Morgan fingerprint density at radius 3 is 2.90 bits per heavy atom. The molecule has 7 nitrogen and oxygen atoms in total. The van der Waals surface area contributed by atoms with Crippen LogP contribution in [0, 0.1) is 5.82 Å². The zero-order chi connectivity index (χ0) is 21.4. The normalized spacial score (nSPS) is 12.4. The van der Waals surface area contributed by atoms with Crippen molar-refractivity contribution in [2.24, 2.45) is 0 Å². The summed E-state index contributed by atoms with van der Waals surface area (Å²) in [5.41, 5.74) is 4.25. The zero-order valence-corrected chi connectivity index (χ0v) is 17.2. The highest BCUT2D eigenvalue weighted by molar-refractivity contribution is 6.36. The van der Waals surface area contributed by atoms with E-state index < -0.39 is 0 Å². The van der Waals surface area contributed by atoms with Gasteiger partial charge < -0.3 is 10.3 Å². The number of aromatic amines is 1. The molecule has 1 unspecified atom stereocenters. The smallest absolute Gasteiger partial charge is 0.182 e. The molecule has 0 saturated carbocycles. The topological polar surface area (TPSA) is 92.3 Å². The standard InChI is InChI=1S/C22H17ClFN7/c1-2-17(30-22-20-21(26-10-25-20)27-11-28-22)15-9-16(23)14-6-7-29-31-19(14)18(15)12-4-3-5-13(24)8-12/h3-11,17H,2H2,1H3,(H2,25,26,27,28,30). The lowest BCUT2D eigenvalue weighted by molar-refractivity contribution is 0.628. The molecule has 0 radical (unpaired) electrons. The van der Waals surface area contributed by atoms with E-state index >= 15 is 0 Å². The van der Waals surface area contributed by atoms with Crippen LogP contribution in [0.15, 0.2) is 55.2 Å². The number of aromatic nitrogens is 6. The van der Waals surface area contributed by atoms with E-state index in [0.29, 0.717) is 39.5 Å². The van der Waals surface area contributed by atoms with Gasteiger partial charge in [0.1, 0.15) is 23.2 Å². The van der Waals surface area contributed by atoms with E-state index in [2.05, 4.69) is 35.5 Å². The summed E-state index contributed by atoms with van der Waals surface area (Å²) < 4.78 is 14.1. The van der Waals surface area contributed by atoms with Gasteiger partial charge in [-0.3, -0.25) is 0 Å². The third-order valence-electron chi connectivity index (χ3n) is 5.22. The van der Waals surface area contributed by atoms with Gasteiger partial charge in [0.05, 0.1) is 23.6 Å². The van der Waals surface area contributed by atoms with Crippen LogP contribution in [0.1, 0.15) is 24.9 Å². The third-order valence-corrected chi connectivity index (χ3v) is 5.53. The van der Waals surface area contributed by atoms with Gasteiger partial charge in [-0.1, -0.05) is 30.7 Å². The lowest BCUT2D eigenvalue weighted by atomic mass is 9.91. The fraction of sp³-hybridized carbons (Fsp3) is 0.136. The number of anilines is 1. The third kappa shape index (κ3) is 3.44. The second-order valence-electron chi connectivity index (χ2n) is 7.06. The first kappa shape index (κ1) is 19.3. The van der Waals surface area contributed by atoms with Crippen LogP contribution in [-0.2, 0) is 0 Å². The molecule has 0 bridgehead atoms. The molecule has 154 valence electrons. The molecule has 5 aromatic rings. The van der Waals surface area contributed by atoms with Gasteiger partial charge in [-0.2, -0.15) is 5.10 Å². The van der Waals surface area contributed by atoms with Crippen LogP contribution in [0.3, 0.4) is 0 Å². The average molecular weight is 434 g/mol. The Bertz CT molecular complexity index is 1400. The minimum absolute atomic E-state index is 0.191. The summed E-state index contributed by atoms with van der Waals surface area (Å²) in [7, 11) is 0. The lowest BCUT2D eigenvalue weighted by Crippen LogP contribution is -2.13. The van der Waals surface area contributed by atoms with Gasteiger partial charge in [0, 0.05) is 10.9 Å². The Morgan fingerprint density at radius 1 is 1.16 bits per heavy atom. The summed E-state index contributed by atoms with van der Waals surface area (Å²) in [5.74, 6) is 0.293. The van der Waals surface area contributed by atoms with Gasteiger partial charge in [-0.15, -0.1) is 5.10 Å². The Kier molecular flexibility index (Phi) is 4.91. The first-order valence-corrected chi connectivity index (χ1v) is 10.1. The van der Waals surface area contributed by atoms with Crippen molar-refractivity contribution in [3.05, 3.63) is 71.7 Å². The highest BCUT2D eigenvalue weighted by Crippen LogP contribution is 2.40. The van der Waals surface area contributed by atoms with Gasteiger partial charge >= 0.3 is 0 Å². The van der Waals surface area contributed by atoms with E-state index in [-0.39, 0.29) is 11.9 Å². The maximum Gasteiger partial charge on any atom is 0.182 e. The molecule has 3 heterocycles. The Hall–Kier alpha value is -3.65. The first-order valence-electron chi connectivity index (χ1n) is 9.76. The van der Waals surface area contributed by atoms with Crippen LogP contribution in [0.2, 0.25) is 5.02 Å². The molecule has 9 heteroatoms. The molecule has 31 heavy (non-hydrogen) atoms. The van der Waals surface area contributed by atoms with Gasteiger partial charge in [0.25, 0.3) is 0 Å².